The van der Waals surface area contributed by atoms with Crippen LogP contribution in [0.15, 0.2) is 82.7 Å². The van der Waals surface area contributed by atoms with E-state index in [0.29, 0.717) is 34.5 Å². The number of fused-ring (bicyclic) bond motifs is 1. The Kier molecular flexibility index (Phi) is 7.59. The third kappa shape index (κ3) is 5.12. The Hall–Kier alpha value is -3.31. The lowest BCUT2D eigenvalue weighted by Gasteiger charge is -2.28. The van der Waals surface area contributed by atoms with Crippen LogP contribution in [0, 0.1) is 0 Å². The minimum absolute atomic E-state index is 0.0148. The topological polar surface area (TPSA) is 54.0 Å². The molecular formula is C29H27ClN5O2S3+. The molecule has 204 valence electrons. The van der Waals surface area contributed by atoms with Gasteiger partial charge in [0.1, 0.15) is 14.7 Å². The van der Waals surface area contributed by atoms with Gasteiger partial charge in [0.25, 0.3) is 10.7 Å². The highest BCUT2D eigenvalue weighted by Crippen LogP contribution is 2.33. The lowest BCUT2D eigenvalue weighted by atomic mass is 10.2. The van der Waals surface area contributed by atoms with Crippen molar-refractivity contribution in [1.29, 1.82) is 0 Å². The number of hydrogen-bond donors (Lipinski definition) is 0. The number of likely N-dealkylation sites (N-methyl/N-ethyl adjacent to an activating group) is 1. The average molecular weight is 609 g/mol. The molecule has 0 unspecified atom stereocenters. The van der Waals surface area contributed by atoms with Gasteiger partial charge in [-0.3, -0.25) is 14.3 Å². The molecule has 4 heterocycles. The summed E-state index contributed by atoms with van der Waals surface area (Å²) in [4.78, 5) is 22.7. The summed E-state index contributed by atoms with van der Waals surface area (Å²) in [6.45, 7) is 3.50. The molecule has 2 aliphatic rings. The van der Waals surface area contributed by atoms with Gasteiger partial charge in [0.15, 0.2) is 11.8 Å². The highest BCUT2D eigenvalue weighted by atomic mass is 35.5. The van der Waals surface area contributed by atoms with Crippen LogP contribution in [-0.4, -0.2) is 33.3 Å². The number of halogens is 1. The number of thiazole rings is 2. The summed E-state index contributed by atoms with van der Waals surface area (Å²) in [5.41, 5.74) is 3.10. The molecule has 2 aliphatic heterocycles. The molecule has 0 N–H and O–H groups in total. The van der Waals surface area contributed by atoms with Crippen molar-refractivity contribution in [2.75, 3.05) is 13.8 Å². The first kappa shape index (κ1) is 26.9. The Morgan fingerprint density at radius 2 is 1.95 bits per heavy atom. The van der Waals surface area contributed by atoms with Gasteiger partial charge in [0, 0.05) is 36.6 Å². The number of aliphatic imine (C=N–C) groups is 1. The molecule has 0 radical (unpaired) electrons. The summed E-state index contributed by atoms with van der Waals surface area (Å²) in [7, 11) is 3.97. The molecule has 0 bridgehead atoms. The van der Waals surface area contributed by atoms with Crippen molar-refractivity contribution >= 4 is 77.3 Å². The molecule has 4 aromatic rings. The van der Waals surface area contributed by atoms with Gasteiger partial charge in [-0.2, -0.15) is 0 Å². The van der Waals surface area contributed by atoms with E-state index in [4.69, 9.17) is 21.3 Å². The zero-order valence-corrected chi connectivity index (χ0v) is 25.4. The largest absolute Gasteiger partial charge is 0.463 e. The number of benzene rings is 2. The van der Waals surface area contributed by atoms with Crippen LogP contribution in [0.25, 0.3) is 21.0 Å². The van der Waals surface area contributed by atoms with Gasteiger partial charge in [0.05, 0.1) is 24.0 Å². The Morgan fingerprint density at radius 1 is 1.12 bits per heavy atom. The van der Waals surface area contributed by atoms with E-state index < -0.39 is 0 Å². The van der Waals surface area contributed by atoms with E-state index in [1.165, 1.54) is 23.1 Å². The van der Waals surface area contributed by atoms with Gasteiger partial charge in [0.2, 0.25) is 0 Å². The number of hydrogen-bond acceptors (Lipinski definition) is 7. The van der Waals surface area contributed by atoms with Crippen LogP contribution < -0.4 is 19.3 Å². The predicted molar refractivity (Wildman–Crippen MR) is 167 cm³/mol. The molecular weight excluding hydrogens is 582 g/mol. The summed E-state index contributed by atoms with van der Waals surface area (Å²) in [5, 5.41) is 3.06. The first-order chi connectivity index (χ1) is 19.4. The molecule has 0 aliphatic carbocycles. The number of ether oxygens (including phenoxy) is 1. The number of nitrogens with zero attached hydrogens (tertiary/aromatic N) is 5. The third-order valence-electron chi connectivity index (χ3n) is 6.65. The van der Waals surface area contributed by atoms with Gasteiger partial charge in [-0.1, -0.05) is 48.0 Å². The van der Waals surface area contributed by atoms with E-state index in [9.17, 15) is 4.79 Å². The zero-order valence-electron chi connectivity index (χ0n) is 22.2. The lowest BCUT2D eigenvalue weighted by molar-refractivity contribution is -0.627. The molecule has 2 aromatic carbocycles. The zero-order chi connectivity index (χ0) is 27.8. The molecule has 40 heavy (non-hydrogen) atoms. The van der Waals surface area contributed by atoms with Crippen molar-refractivity contribution in [2.45, 2.75) is 20.0 Å². The van der Waals surface area contributed by atoms with Crippen LogP contribution in [0.5, 0.6) is 0 Å². The minimum Gasteiger partial charge on any atom is -0.463 e. The van der Waals surface area contributed by atoms with Crippen LogP contribution in [0.3, 0.4) is 0 Å². The quantitative estimate of drug-likeness (QED) is 0.314. The molecule has 0 amide bonds. The second kappa shape index (κ2) is 11.3. The number of thioether (sulfide) groups is 1. The van der Waals surface area contributed by atoms with Crippen molar-refractivity contribution in [3.8, 4) is 0 Å². The Balaban J connectivity index is 1.49. The third-order valence-corrected chi connectivity index (χ3v) is 10.3. The maximum Gasteiger partial charge on any atom is 0.385 e. The fraction of sp³-hybridized carbons (Fsp3) is 0.207. The number of rotatable bonds is 4. The van der Waals surface area contributed by atoms with Crippen molar-refractivity contribution in [2.24, 2.45) is 12.0 Å². The maximum absolute atomic E-state index is 13.5. The van der Waals surface area contributed by atoms with E-state index in [0.717, 1.165) is 36.4 Å². The molecule has 11 heteroatoms. The second-order valence-electron chi connectivity index (χ2n) is 9.28. The van der Waals surface area contributed by atoms with E-state index in [1.807, 2.05) is 86.7 Å². The highest BCUT2D eigenvalue weighted by Gasteiger charge is 2.30. The normalized spacial score (nSPS) is 19.1. The van der Waals surface area contributed by atoms with E-state index in [2.05, 4.69) is 21.6 Å². The van der Waals surface area contributed by atoms with Crippen LogP contribution in [0.2, 0.25) is 5.02 Å². The Morgan fingerprint density at radius 3 is 2.73 bits per heavy atom. The standard InChI is InChI=1S/C29H27ClN5O2S3/c1-4-35-25(36)24(22-12-8-9-15-32(22)2)39-26(35)27-37-18-34(17-19-10-6-5-7-11-19)29(40-27)31-28-33(3)21-14-13-20(30)16-23(21)38-28/h5-16H,4,17-18H2,1-3H3/q+1/b24-22-,27-26-. The van der Waals surface area contributed by atoms with Crippen molar-refractivity contribution in [1.82, 2.24) is 14.4 Å². The summed E-state index contributed by atoms with van der Waals surface area (Å²) < 4.78 is 12.8. The van der Waals surface area contributed by atoms with Gasteiger partial charge >= 0.3 is 5.13 Å². The minimum atomic E-state index is -0.0148. The molecule has 0 saturated carbocycles. The Bertz CT molecular complexity index is 1870. The molecule has 2 aromatic heterocycles. The SMILES string of the molecule is CCn1c(=O)/c(=C2\C=CC=CN2C)s/c1=C1/OCN(Cc2ccccc2)C(=Nc2sc3cc(Cl)ccc3[n+]2C)S1. The van der Waals surface area contributed by atoms with Crippen molar-refractivity contribution in [3.63, 3.8) is 0 Å². The van der Waals surface area contributed by atoms with Crippen LogP contribution in [-0.2, 0) is 24.9 Å². The second-order valence-corrected chi connectivity index (χ2v) is 12.7. The Labute approximate surface area is 248 Å². The molecule has 1 saturated heterocycles. The summed E-state index contributed by atoms with van der Waals surface area (Å²) >= 11 is 10.8. The summed E-state index contributed by atoms with van der Waals surface area (Å²) in [5.74, 6) is 0. The predicted octanol–water partition coefficient (Wildman–Crippen LogP) is 4.72. The lowest BCUT2D eigenvalue weighted by Crippen LogP contribution is -2.38. The van der Waals surface area contributed by atoms with Gasteiger partial charge < -0.3 is 9.64 Å². The van der Waals surface area contributed by atoms with E-state index >= 15 is 0 Å². The first-order valence-electron chi connectivity index (χ1n) is 12.7. The molecule has 7 nitrogen and oxygen atoms in total. The first-order valence-corrected chi connectivity index (χ1v) is 15.6. The average Bonchev–Trinajstić information content (AvgIpc) is 3.45. The fourth-order valence-electron chi connectivity index (χ4n) is 4.55. The van der Waals surface area contributed by atoms with Gasteiger partial charge in [-0.25, -0.2) is 4.57 Å². The fourth-order valence-corrected chi connectivity index (χ4v) is 8.18. The molecule has 0 atom stereocenters. The number of amidine groups is 1. The van der Waals surface area contributed by atoms with Crippen LogP contribution >= 0.6 is 46.0 Å². The number of allylic oxidation sites excluding steroid dienone is 2. The monoisotopic (exact) mass is 608 g/mol. The molecule has 6 rings (SSSR count). The number of aryl methyl sites for hydroxylation is 1. The maximum atomic E-state index is 13.5. The van der Waals surface area contributed by atoms with Crippen LogP contribution in [0.4, 0.5) is 5.13 Å². The smallest absolute Gasteiger partial charge is 0.385 e. The number of aromatic nitrogens is 2. The summed E-state index contributed by atoms with van der Waals surface area (Å²) in [6.07, 6.45) is 7.83. The molecule has 1 fully saturated rings. The highest BCUT2D eigenvalue weighted by molar-refractivity contribution is 8.21. The summed E-state index contributed by atoms with van der Waals surface area (Å²) in [6, 6.07) is 16.2. The van der Waals surface area contributed by atoms with Crippen molar-refractivity contribution in [3.05, 3.63) is 103 Å². The van der Waals surface area contributed by atoms with Crippen LogP contribution in [0.1, 0.15) is 12.5 Å². The van der Waals surface area contributed by atoms with Gasteiger partial charge in [-0.15, -0.1) is 11.3 Å². The van der Waals surface area contributed by atoms with E-state index in [-0.39, 0.29) is 5.56 Å². The van der Waals surface area contributed by atoms with Gasteiger partial charge in [-0.05, 0) is 59.2 Å². The van der Waals surface area contributed by atoms with E-state index in [1.54, 1.807) is 15.9 Å². The van der Waals surface area contributed by atoms with Crippen molar-refractivity contribution < 1.29 is 9.30 Å². The molecule has 0 spiro atoms.